The van der Waals surface area contributed by atoms with Crippen molar-refractivity contribution in [1.82, 2.24) is 4.57 Å². The van der Waals surface area contributed by atoms with Crippen LogP contribution in [0.5, 0.6) is 5.75 Å². The van der Waals surface area contributed by atoms with E-state index in [9.17, 15) is 9.90 Å². The Morgan fingerprint density at radius 2 is 2.00 bits per heavy atom. The molecular formula is C17H21NO3. The van der Waals surface area contributed by atoms with Gasteiger partial charge in [0.1, 0.15) is 5.75 Å². The molecule has 0 unspecified atom stereocenters. The van der Waals surface area contributed by atoms with Gasteiger partial charge in [-0.25, -0.2) is 0 Å². The standard InChI is InChI=1S/C17H21NO3/c1-3-10-21-15-7-5-6-13(11-15)16-9-8-14(12-19)17(20)18(16)4-2/h5-9,11,19H,3-4,10,12H2,1-2H3. The molecule has 0 saturated heterocycles. The minimum Gasteiger partial charge on any atom is -0.494 e. The summed E-state index contributed by atoms with van der Waals surface area (Å²) >= 11 is 0. The molecule has 0 aliphatic rings. The summed E-state index contributed by atoms with van der Waals surface area (Å²) in [6.45, 7) is 4.98. The third-order valence-electron chi connectivity index (χ3n) is 3.34. The van der Waals surface area contributed by atoms with Crippen LogP contribution < -0.4 is 10.3 Å². The summed E-state index contributed by atoms with van der Waals surface area (Å²) in [5.74, 6) is 0.802. The van der Waals surface area contributed by atoms with Crippen molar-refractivity contribution in [3.8, 4) is 17.0 Å². The van der Waals surface area contributed by atoms with Gasteiger partial charge in [0.15, 0.2) is 0 Å². The summed E-state index contributed by atoms with van der Waals surface area (Å²) in [4.78, 5) is 12.3. The number of hydrogen-bond donors (Lipinski definition) is 1. The molecule has 0 aliphatic heterocycles. The van der Waals surface area contributed by atoms with E-state index < -0.39 is 0 Å². The summed E-state index contributed by atoms with van der Waals surface area (Å²) in [5.41, 5.74) is 2.05. The minimum atomic E-state index is -0.237. The second-order valence-electron chi connectivity index (χ2n) is 4.83. The van der Waals surface area contributed by atoms with E-state index in [1.165, 1.54) is 0 Å². The average molecular weight is 287 g/mol. The molecule has 0 atom stereocenters. The van der Waals surface area contributed by atoms with Crippen molar-refractivity contribution in [3.05, 3.63) is 52.3 Å². The first-order valence-corrected chi connectivity index (χ1v) is 7.28. The topological polar surface area (TPSA) is 51.5 Å². The molecule has 0 saturated carbocycles. The Kier molecular flexibility index (Phi) is 5.17. The normalized spacial score (nSPS) is 10.6. The third-order valence-corrected chi connectivity index (χ3v) is 3.34. The Labute approximate surface area is 124 Å². The van der Waals surface area contributed by atoms with E-state index in [0.717, 1.165) is 23.4 Å². The Morgan fingerprint density at radius 3 is 2.67 bits per heavy atom. The van der Waals surface area contributed by atoms with Crippen molar-refractivity contribution >= 4 is 0 Å². The van der Waals surface area contributed by atoms with Crippen LogP contribution in [0.1, 0.15) is 25.8 Å². The molecule has 2 aromatic rings. The molecule has 0 bridgehead atoms. The van der Waals surface area contributed by atoms with Crippen LogP contribution in [0.2, 0.25) is 0 Å². The molecule has 21 heavy (non-hydrogen) atoms. The summed E-state index contributed by atoms with van der Waals surface area (Å²) in [7, 11) is 0. The fourth-order valence-electron chi connectivity index (χ4n) is 2.28. The fourth-order valence-corrected chi connectivity index (χ4v) is 2.28. The molecule has 2 rings (SSSR count). The van der Waals surface area contributed by atoms with Crippen molar-refractivity contribution in [2.75, 3.05) is 6.61 Å². The molecule has 4 heteroatoms. The molecular weight excluding hydrogens is 266 g/mol. The highest BCUT2D eigenvalue weighted by Crippen LogP contribution is 2.23. The van der Waals surface area contributed by atoms with Gasteiger partial charge < -0.3 is 14.4 Å². The zero-order valence-electron chi connectivity index (χ0n) is 12.5. The first kappa shape index (κ1) is 15.3. The summed E-state index contributed by atoms with van der Waals surface area (Å²) < 4.78 is 7.31. The molecule has 1 aromatic heterocycles. The lowest BCUT2D eigenvalue weighted by atomic mass is 10.1. The van der Waals surface area contributed by atoms with Gasteiger partial charge in [-0.15, -0.1) is 0 Å². The van der Waals surface area contributed by atoms with Crippen molar-refractivity contribution in [1.29, 1.82) is 0 Å². The van der Waals surface area contributed by atoms with E-state index >= 15 is 0 Å². The molecule has 1 aromatic carbocycles. The van der Waals surface area contributed by atoms with E-state index in [1.54, 1.807) is 10.6 Å². The largest absolute Gasteiger partial charge is 0.494 e. The maximum absolute atomic E-state index is 12.3. The number of aromatic nitrogens is 1. The number of ether oxygens (including phenoxy) is 1. The number of benzene rings is 1. The van der Waals surface area contributed by atoms with Gasteiger partial charge >= 0.3 is 0 Å². The van der Waals surface area contributed by atoms with Crippen molar-refractivity contribution in [2.45, 2.75) is 33.4 Å². The molecule has 0 radical (unpaired) electrons. The lowest BCUT2D eigenvalue weighted by Gasteiger charge is -2.13. The molecule has 112 valence electrons. The lowest BCUT2D eigenvalue weighted by molar-refractivity contribution is 0.279. The van der Waals surface area contributed by atoms with Crippen LogP contribution in [0.25, 0.3) is 11.3 Å². The summed E-state index contributed by atoms with van der Waals surface area (Å²) in [5, 5.41) is 9.21. The Balaban J connectivity index is 2.46. The fraction of sp³-hybridized carbons (Fsp3) is 0.353. The van der Waals surface area contributed by atoms with Gasteiger partial charge in [-0.05, 0) is 37.6 Å². The Morgan fingerprint density at radius 1 is 1.19 bits per heavy atom. The van der Waals surface area contributed by atoms with Crippen LogP contribution >= 0.6 is 0 Å². The van der Waals surface area contributed by atoms with Gasteiger partial charge in [-0.1, -0.05) is 19.1 Å². The van der Waals surface area contributed by atoms with Crippen LogP contribution in [-0.4, -0.2) is 16.3 Å². The van der Waals surface area contributed by atoms with Crippen molar-refractivity contribution < 1.29 is 9.84 Å². The lowest BCUT2D eigenvalue weighted by Crippen LogP contribution is -2.24. The molecule has 4 nitrogen and oxygen atoms in total. The maximum Gasteiger partial charge on any atom is 0.256 e. The monoisotopic (exact) mass is 287 g/mol. The van der Waals surface area contributed by atoms with Crippen LogP contribution in [0.3, 0.4) is 0 Å². The third kappa shape index (κ3) is 3.34. The minimum absolute atomic E-state index is 0.141. The number of pyridine rings is 1. The highest BCUT2D eigenvalue weighted by atomic mass is 16.5. The van der Waals surface area contributed by atoms with E-state index in [2.05, 4.69) is 6.92 Å². The zero-order valence-corrected chi connectivity index (χ0v) is 12.5. The number of aliphatic hydroxyl groups excluding tert-OH is 1. The molecule has 0 amide bonds. The molecule has 0 fully saturated rings. The highest BCUT2D eigenvalue weighted by Gasteiger charge is 2.09. The number of hydrogen-bond acceptors (Lipinski definition) is 3. The van der Waals surface area contributed by atoms with Crippen LogP contribution in [0.4, 0.5) is 0 Å². The molecule has 0 spiro atoms. The number of aliphatic hydroxyl groups is 1. The van der Waals surface area contributed by atoms with Gasteiger partial charge in [0.05, 0.1) is 18.9 Å². The van der Waals surface area contributed by atoms with Gasteiger partial charge in [0, 0.05) is 17.7 Å². The summed E-state index contributed by atoms with van der Waals surface area (Å²) in [6, 6.07) is 11.3. The first-order chi connectivity index (χ1) is 10.2. The van der Waals surface area contributed by atoms with Crippen LogP contribution in [0, 0.1) is 0 Å². The van der Waals surface area contributed by atoms with Crippen molar-refractivity contribution in [3.63, 3.8) is 0 Å². The van der Waals surface area contributed by atoms with Gasteiger partial charge in [-0.2, -0.15) is 0 Å². The average Bonchev–Trinajstić information content (AvgIpc) is 2.52. The van der Waals surface area contributed by atoms with Gasteiger partial charge in [-0.3, -0.25) is 4.79 Å². The smallest absolute Gasteiger partial charge is 0.256 e. The molecule has 0 aliphatic carbocycles. The Hall–Kier alpha value is -2.07. The second kappa shape index (κ2) is 7.09. The van der Waals surface area contributed by atoms with Crippen LogP contribution in [-0.2, 0) is 13.2 Å². The molecule has 1 heterocycles. The zero-order chi connectivity index (χ0) is 15.2. The van der Waals surface area contributed by atoms with Crippen LogP contribution in [0.15, 0.2) is 41.2 Å². The number of nitrogens with zero attached hydrogens (tertiary/aromatic N) is 1. The first-order valence-electron chi connectivity index (χ1n) is 7.28. The summed E-state index contributed by atoms with van der Waals surface area (Å²) in [6.07, 6.45) is 0.953. The van der Waals surface area contributed by atoms with Crippen molar-refractivity contribution in [2.24, 2.45) is 0 Å². The quantitative estimate of drug-likeness (QED) is 0.889. The van der Waals surface area contributed by atoms with Gasteiger partial charge in [0.25, 0.3) is 5.56 Å². The van der Waals surface area contributed by atoms with Gasteiger partial charge in [0.2, 0.25) is 0 Å². The predicted octanol–water partition coefficient (Wildman–Crippen LogP) is 2.82. The number of rotatable bonds is 6. The maximum atomic E-state index is 12.3. The Bertz CT molecular complexity index is 661. The molecule has 1 N–H and O–H groups in total. The highest BCUT2D eigenvalue weighted by molar-refractivity contribution is 5.62. The van der Waals surface area contributed by atoms with E-state index in [4.69, 9.17) is 4.74 Å². The second-order valence-corrected chi connectivity index (χ2v) is 4.83. The SMILES string of the molecule is CCCOc1cccc(-c2ccc(CO)c(=O)n2CC)c1. The van der Waals surface area contributed by atoms with E-state index in [1.807, 2.05) is 37.3 Å². The van der Waals surface area contributed by atoms with E-state index in [0.29, 0.717) is 18.7 Å². The predicted molar refractivity (Wildman–Crippen MR) is 83.5 cm³/mol. The van der Waals surface area contributed by atoms with E-state index in [-0.39, 0.29) is 12.2 Å².